The molecule has 0 aliphatic heterocycles. The summed E-state index contributed by atoms with van der Waals surface area (Å²) < 4.78 is 43.9. The lowest BCUT2D eigenvalue weighted by molar-refractivity contribution is -0.137. The SMILES string of the molecule is C=Cc1c(C(=O)OCc2ccccc2)cccc1C(F)(F)F. The summed E-state index contributed by atoms with van der Waals surface area (Å²) in [5, 5.41) is 0. The lowest BCUT2D eigenvalue weighted by atomic mass is 10.0. The van der Waals surface area contributed by atoms with Gasteiger partial charge in [-0.2, -0.15) is 13.2 Å². The third-order valence-electron chi connectivity index (χ3n) is 3.05. The van der Waals surface area contributed by atoms with Gasteiger partial charge in [0.1, 0.15) is 6.61 Å². The van der Waals surface area contributed by atoms with Crippen molar-refractivity contribution in [3.05, 3.63) is 77.4 Å². The third-order valence-corrected chi connectivity index (χ3v) is 3.05. The van der Waals surface area contributed by atoms with Gasteiger partial charge in [-0.05, 0) is 17.7 Å². The standard InChI is InChI=1S/C17H13F3O2/c1-2-13-14(9-6-10-15(13)17(18,19)20)16(21)22-11-12-7-4-3-5-8-12/h2-10H,1,11H2. The smallest absolute Gasteiger partial charge is 0.417 e. The van der Waals surface area contributed by atoms with E-state index in [1.54, 1.807) is 24.3 Å². The van der Waals surface area contributed by atoms with Crippen LogP contribution in [0.5, 0.6) is 0 Å². The van der Waals surface area contributed by atoms with Crippen LogP contribution in [-0.4, -0.2) is 5.97 Å². The zero-order valence-electron chi connectivity index (χ0n) is 11.6. The Bertz CT molecular complexity index is 676. The molecule has 0 aliphatic rings. The molecule has 22 heavy (non-hydrogen) atoms. The van der Waals surface area contributed by atoms with Crippen LogP contribution in [0.4, 0.5) is 13.2 Å². The number of rotatable bonds is 4. The van der Waals surface area contributed by atoms with Gasteiger partial charge in [-0.15, -0.1) is 0 Å². The maximum atomic E-state index is 12.9. The molecule has 0 radical (unpaired) electrons. The van der Waals surface area contributed by atoms with E-state index in [9.17, 15) is 18.0 Å². The van der Waals surface area contributed by atoms with E-state index in [0.29, 0.717) is 0 Å². The monoisotopic (exact) mass is 306 g/mol. The summed E-state index contributed by atoms with van der Waals surface area (Å²) in [6.45, 7) is 3.35. The average Bonchev–Trinajstić information content (AvgIpc) is 2.52. The number of hydrogen-bond donors (Lipinski definition) is 0. The zero-order chi connectivity index (χ0) is 16.2. The minimum atomic E-state index is -4.56. The second kappa shape index (κ2) is 6.47. The highest BCUT2D eigenvalue weighted by Crippen LogP contribution is 2.34. The quantitative estimate of drug-likeness (QED) is 0.765. The Labute approximate surface area is 125 Å². The molecule has 0 bridgehead atoms. The molecule has 0 aliphatic carbocycles. The number of carbonyl (C=O) groups excluding carboxylic acids is 1. The molecule has 2 aromatic carbocycles. The van der Waals surface area contributed by atoms with Crippen LogP contribution in [0.15, 0.2) is 55.1 Å². The number of benzene rings is 2. The summed E-state index contributed by atoms with van der Waals surface area (Å²) in [7, 11) is 0. The molecule has 0 heterocycles. The van der Waals surface area contributed by atoms with Crippen LogP contribution in [0.2, 0.25) is 0 Å². The Morgan fingerprint density at radius 3 is 2.36 bits per heavy atom. The number of ether oxygens (including phenoxy) is 1. The molecule has 2 aromatic rings. The van der Waals surface area contributed by atoms with Crippen molar-refractivity contribution in [3.8, 4) is 0 Å². The average molecular weight is 306 g/mol. The van der Waals surface area contributed by atoms with Crippen LogP contribution in [-0.2, 0) is 17.5 Å². The Balaban J connectivity index is 2.25. The topological polar surface area (TPSA) is 26.3 Å². The Morgan fingerprint density at radius 2 is 1.77 bits per heavy atom. The molecule has 0 unspecified atom stereocenters. The van der Waals surface area contributed by atoms with Gasteiger partial charge < -0.3 is 4.74 Å². The lowest BCUT2D eigenvalue weighted by Gasteiger charge is -2.13. The van der Waals surface area contributed by atoms with Gasteiger partial charge in [0.15, 0.2) is 0 Å². The first-order valence-electron chi connectivity index (χ1n) is 6.47. The van der Waals surface area contributed by atoms with E-state index in [1.807, 2.05) is 6.07 Å². The maximum absolute atomic E-state index is 12.9. The first kappa shape index (κ1) is 15.8. The summed E-state index contributed by atoms with van der Waals surface area (Å²) >= 11 is 0. The number of carbonyl (C=O) groups is 1. The van der Waals surface area contributed by atoms with Crippen molar-refractivity contribution in [2.24, 2.45) is 0 Å². The van der Waals surface area contributed by atoms with Gasteiger partial charge in [0.05, 0.1) is 11.1 Å². The summed E-state index contributed by atoms with van der Waals surface area (Å²) in [5.74, 6) is -0.815. The van der Waals surface area contributed by atoms with Gasteiger partial charge in [-0.3, -0.25) is 0 Å². The summed E-state index contributed by atoms with van der Waals surface area (Å²) in [4.78, 5) is 12.0. The molecular formula is C17H13F3O2. The molecule has 2 nitrogen and oxygen atoms in total. The highest BCUT2D eigenvalue weighted by molar-refractivity contribution is 5.94. The van der Waals surface area contributed by atoms with E-state index in [4.69, 9.17) is 4.74 Å². The van der Waals surface area contributed by atoms with Crippen LogP contribution >= 0.6 is 0 Å². The van der Waals surface area contributed by atoms with Crippen molar-refractivity contribution in [1.29, 1.82) is 0 Å². The molecule has 0 N–H and O–H groups in total. The van der Waals surface area contributed by atoms with E-state index in [1.165, 1.54) is 12.1 Å². The van der Waals surface area contributed by atoms with E-state index < -0.39 is 17.7 Å². The van der Waals surface area contributed by atoms with E-state index in [-0.39, 0.29) is 17.7 Å². The van der Waals surface area contributed by atoms with E-state index in [0.717, 1.165) is 17.7 Å². The van der Waals surface area contributed by atoms with Crippen molar-refractivity contribution in [2.75, 3.05) is 0 Å². The van der Waals surface area contributed by atoms with Gasteiger partial charge in [0.25, 0.3) is 0 Å². The predicted octanol–water partition coefficient (Wildman–Crippen LogP) is 4.71. The van der Waals surface area contributed by atoms with Crippen LogP contribution in [0.25, 0.3) is 6.08 Å². The Hall–Kier alpha value is -2.56. The lowest BCUT2D eigenvalue weighted by Crippen LogP contribution is -2.13. The second-order valence-corrected chi connectivity index (χ2v) is 4.53. The van der Waals surface area contributed by atoms with E-state index >= 15 is 0 Å². The van der Waals surface area contributed by atoms with Crippen molar-refractivity contribution >= 4 is 12.0 Å². The largest absolute Gasteiger partial charge is 0.457 e. The first-order valence-corrected chi connectivity index (χ1v) is 6.47. The van der Waals surface area contributed by atoms with E-state index in [2.05, 4.69) is 6.58 Å². The molecule has 2 rings (SSSR count). The Morgan fingerprint density at radius 1 is 1.09 bits per heavy atom. The predicted molar refractivity (Wildman–Crippen MR) is 77.1 cm³/mol. The molecule has 0 fully saturated rings. The van der Waals surface area contributed by atoms with Crippen molar-refractivity contribution < 1.29 is 22.7 Å². The van der Waals surface area contributed by atoms with Crippen LogP contribution in [0.1, 0.15) is 27.0 Å². The fourth-order valence-corrected chi connectivity index (χ4v) is 2.01. The van der Waals surface area contributed by atoms with Gasteiger partial charge >= 0.3 is 12.1 Å². The Kier molecular flexibility index (Phi) is 4.65. The number of hydrogen-bond acceptors (Lipinski definition) is 2. The minimum absolute atomic E-state index is 0.00744. The summed E-state index contributed by atoms with van der Waals surface area (Å²) in [5.41, 5.74) is -0.576. The second-order valence-electron chi connectivity index (χ2n) is 4.53. The highest BCUT2D eigenvalue weighted by atomic mass is 19.4. The van der Waals surface area contributed by atoms with Crippen LogP contribution in [0, 0.1) is 0 Å². The summed E-state index contributed by atoms with van der Waals surface area (Å²) in [6.07, 6.45) is -3.54. The van der Waals surface area contributed by atoms with Gasteiger partial charge in [-0.25, -0.2) is 4.79 Å². The van der Waals surface area contributed by atoms with Crippen LogP contribution in [0.3, 0.4) is 0 Å². The molecule has 114 valence electrons. The molecule has 0 atom stereocenters. The fourth-order valence-electron chi connectivity index (χ4n) is 2.01. The molecule has 0 amide bonds. The molecular weight excluding hydrogens is 293 g/mol. The molecule has 0 saturated carbocycles. The van der Waals surface area contributed by atoms with Gasteiger partial charge in [0, 0.05) is 5.56 Å². The minimum Gasteiger partial charge on any atom is -0.457 e. The zero-order valence-corrected chi connectivity index (χ0v) is 11.6. The number of halogens is 3. The molecule has 5 heteroatoms. The molecule has 0 saturated heterocycles. The summed E-state index contributed by atoms with van der Waals surface area (Å²) in [6, 6.07) is 12.3. The van der Waals surface area contributed by atoms with Crippen molar-refractivity contribution in [1.82, 2.24) is 0 Å². The first-order chi connectivity index (χ1) is 10.4. The van der Waals surface area contributed by atoms with Crippen LogP contribution < -0.4 is 0 Å². The fraction of sp³-hybridized carbons (Fsp3) is 0.118. The van der Waals surface area contributed by atoms with Crippen molar-refractivity contribution in [2.45, 2.75) is 12.8 Å². The highest BCUT2D eigenvalue weighted by Gasteiger charge is 2.34. The molecule has 0 aromatic heterocycles. The normalized spacial score (nSPS) is 11.0. The third kappa shape index (κ3) is 3.55. The van der Waals surface area contributed by atoms with Gasteiger partial charge in [0.2, 0.25) is 0 Å². The van der Waals surface area contributed by atoms with Gasteiger partial charge in [-0.1, -0.05) is 49.1 Å². The number of alkyl halides is 3. The van der Waals surface area contributed by atoms with Crippen molar-refractivity contribution in [3.63, 3.8) is 0 Å². The maximum Gasteiger partial charge on any atom is 0.417 e. The molecule has 0 spiro atoms. The number of esters is 1.